The van der Waals surface area contributed by atoms with Gasteiger partial charge in [-0.05, 0) is 49.4 Å². The zero-order valence-electron chi connectivity index (χ0n) is 24.0. The van der Waals surface area contributed by atoms with Crippen LogP contribution in [0.25, 0.3) is 11.0 Å². The summed E-state index contributed by atoms with van der Waals surface area (Å²) >= 11 is 0. The quantitative estimate of drug-likeness (QED) is 0.0548. The number of hydrogen-bond donors (Lipinski definition) is 7. The molecule has 0 saturated carbocycles. The Labute approximate surface area is 253 Å². The molecule has 2 aromatic carbocycles. The summed E-state index contributed by atoms with van der Waals surface area (Å²) < 4.78 is 10.5. The summed E-state index contributed by atoms with van der Waals surface area (Å²) in [5.41, 5.74) is 22.4. The largest absolute Gasteiger partial charge is 0.445 e. The van der Waals surface area contributed by atoms with E-state index in [4.69, 9.17) is 32.1 Å². The number of amides is 3. The van der Waals surface area contributed by atoms with Gasteiger partial charge < -0.3 is 48.0 Å². The van der Waals surface area contributed by atoms with Crippen molar-refractivity contribution in [1.82, 2.24) is 10.6 Å². The first-order valence-electron chi connectivity index (χ1n) is 13.8. The Bertz CT molecular complexity index is 1530. The van der Waals surface area contributed by atoms with Crippen LogP contribution < -0.4 is 44.5 Å². The third-order valence-corrected chi connectivity index (χ3v) is 6.24. The average molecular weight is 608 g/mol. The molecule has 11 N–H and O–H groups in total. The third kappa shape index (κ3) is 11.3. The zero-order chi connectivity index (χ0) is 31.9. The molecule has 1 aromatic heterocycles. The number of carbonyl (C=O) groups is 3. The van der Waals surface area contributed by atoms with Crippen LogP contribution in [-0.2, 0) is 20.9 Å². The number of ether oxygens (including phenoxy) is 1. The molecule has 2 atom stereocenters. The number of aliphatic imine (C=N–C) groups is 2. The molecule has 3 rings (SSSR count). The lowest BCUT2D eigenvalue weighted by Gasteiger charge is -2.23. The van der Waals surface area contributed by atoms with E-state index in [1.165, 1.54) is 12.1 Å². The molecule has 15 heteroatoms. The number of hydrogen-bond acceptors (Lipinski definition) is 8. The lowest BCUT2D eigenvalue weighted by molar-refractivity contribution is -0.128. The maximum Gasteiger partial charge on any atom is 0.408 e. The summed E-state index contributed by atoms with van der Waals surface area (Å²) in [6.07, 6.45) is 0.191. The number of nitrogens with one attached hydrogen (secondary N) is 3. The van der Waals surface area contributed by atoms with Crippen molar-refractivity contribution in [2.75, 3.05) is 18.4 Å². The molecule has 0 bridgehead atoms. The number of guanidine groups is 2. The molecule has 0 fully saturated rings. The molecular formula is C29H37N9O6. The van der Waals surface area contributed by atoms with Crippen molar-refractivity contribution in [2.45, 2.75) is 44.4 Å². The third-order valence-electron chi connectivity index (χ3n) is 6.24. The van der Waals surface area contributed by atoms with Crippen molar-refractivity contribution in [3.05, 3.63) is 76.6 Å². The summed E-state index contributed by atoms with van der Waals surface area (Å²) in [6.45, 7) is 0.430. The second kappa shape index (κ2) is 16.7. The summed E-state index contributed by atoms with van der Waals surface area (Å²) in [5.74, 6) is -1.39. The standard InChI is InChI=1S/C29H37N9O6/c30-27(31)34-14-4-8-21(25(40)36-20-12-10-19-11-13-24(39)44-23(19)16-20)37-26(41)22(9-5-15-35-28(32)33)38-29(42)43-17-18-6-2-1-3-7-18/h1-3,6-7,10-13,16,21-22H,4-5,8-9,14-15,17H2,(H,36,40)(H,37,41)(H,38,42)(H4,30,31,34)(H4,32,33,35)/t21-,22-/m0/s1. The van der Waals surface area contributed by atoms with Gasteiger partial charge >= 0.3 is 11.7 Å². The van der Waals surface area contributed by atoms with Crippen LogP contribution in [0.15, 0.2) is 79.9 Å². The molecule has 0 radical (unpaired) electrons. The molecule has 0 saturated heterocycles. The van der Waals surface area contributed by atoms with Crippen LogP contribution in [0.3, 0.4) is 0 Å². The van der Waals surface area contributed by atoms with E-state index < -0.39 is 35.6 Å². The molecule has 3 aromatic rings. The van der Waals surface area contributed by atoms with E-state index in [0.29, 0.717) is 23.9 Å². The number of nitrogens with zero attached hydrogens (tertiary/aromatic N) is 2. The molecule has 15 nitrogen and oxygen atoms in total. The predicted octanol–water partition coefficient (Wildman–Crippen LogP) is 0.619. The first-order valence-corrected chi connectivity index (χ1v) is 13.8. The van der Waals surface area contributed by atoms with E-state index in [0.717, 1.165) is 5.56 Å². The first-order chi connectivity index (χ1) is 21.1. The van der Waals surface area contributed by atoms with Crippen LogP contribution in [0.1, 0.15) is 31.2 Å². The van der Waals surface area contributed by atoms with Gasteiger partial charge in [0.2, 0.25) is 11.8 Å². The van der Waals surface area contributed by atoms with Crippen LogP contribution in [0, 0.1) is 0 Å². The second-order valence-electron chi connectivity index (χ2n) is 9.71. The fraction of sp³-hybridized carbons (Fsp3) is 0.310. The Morgan fingerprint density at radius 3 is 2.05 bits per heavy atom. The van der Waals surface area contributed by atoms with E-state index in [9.17, 15) is 19.2 Å². The van der Waals surface area contributed by atoms with Gasteiger partial charge in [0, 0.05) is 36.3 Å². The van der Waals surface area contributed by atoms with Crippen molar-refractivity contribution in [3.63, 3.8) is 0 Å². The number of anilines is 1. The summed E-state index contributed by atoms with van der Waals surface area (Å²) in [4.78, 5) is 58.9. The minimum Gasteiger partial charge on any atom is -0.445 e. The van der Waals surface area contributed by atoms with Gasteiger partial charge in [-0.2, -0.15) is 0 Å². The summed E-state index contributed by atoms with van der Waals surface area (Å²) in [6, 6.07) is 14.6. The van der Waals surface area contributed by atoms with Crippen LogP contribution in [-0.4, -0.2) is 55.0 Å². The number of alkyl carbamates (subject to hydrolysis) is 1. The first kappa shape index (κ1) is 32.9. The Morgan fingerprint density at radius 2 is 1.41 bits per heavy atom. The van der Waals surface area contributed by atoms with E-state index in [1.807, 2.05) is 18.2 Å². The van der Waals surface area contributed by atoms with Gasteiger partial charge in [0.25, 0.3) is 0 Å². The Balaban J connectivity index is 1.73. The SMILES string of the molecule is NC(N)=NCCC[C@H](NC(=O)OCc1ccccc1)C(=O)N[C@@H](CCCN=C(N)N)C(=O)Nc1ccc2ccc(=O)oc2c1. The maximum atomic E-state index is 13.4. The van der Waals surface area contributed by atoms with E-state index in [2.05, 4.69) is 25.9 Å². The van der Waals surface area contributed by atoms with Gasteiger partial charge in [-0.15, -0.1) is 0 Å². The molecular weight excluding hydrogens is 570 g/mol. The smallest absolute Gasteiger partial charge is 0.408 e. The van der Waals surface area contributed by atoms with Gasteiger partial charge in [0.1, 0.15) is 24.3 Å². The molecule has 3 amide bonds. The summed E-state index contributed by atoms with van der Waals surface area (Å²) in [7, 11) is 0. The number of benzene rings is 2. The van der Waals surface area contributed by atoms with Crippen LogP contribution >= 0.6 is 0 Å². The number of rotatable bonds is 15. The predicted molar refractivity (Wildman–Crippen MR) is 166 cm³/mol. The zero-order valence-corrected chi connectivity index (χ0v) is 24.0. The molecule has 0 unspecified atom stereocenters. The van der Waals surface area contributed by atoms with Gasteiger partial charge in [0.05, 0.1) is 0 Å². The van der Waals surface area contributed by atoms with E-state index >= 15 is 0 Å². The highest BCUT2D eigenvalue weighted by atomic mass is 16.5. The molecule has 1 heterocycles. The highest BCUT2D eigenvalue weighted by molar-refractivity contribution is 5.99. The Kier molecular flexibility index (Phi) is 12.5. The number of nitrogens with two attached hydrogens (primary N) is 4. The number of fused-ring (bicyclic) bond motifs is 1. The van der Waals surface area contributed by atoms with Crippen molar-refractivity contribution in [2.24, 2.45) is 32.9 Å². The minimum atomic E-state index is -1.07. The minimum absolute atomic E-state index is 0.00326. The maximum absolute atomic E-state index is 13.4. The normalized spacial score (nSPS) is 11.9. The molecule has 0 aliphatic carbocycles. The monoisotopic (exact) mass is 607 g/mol. The molecule has 0 aliphatic rings. The lowest BCUT2D eigenvalue weighted by atomic mass is 10.1. The van der Waals surface area contributed by atoms with Crippen molar-refractivity contribution in [1.29, 1.82) is 0 Å². The average Bonchev–Trinajstić information content (AvgIpc) is 2.99. The number of carbonyl (C=O) groups excluding carboxylic acids is 3. The second-order valence-corrected chi connectivity index (χ2v) is 9.71. The van der Waals surface area contributed by atoms with Crippen LogP contribution in [0.2, 0.25) is 0 Å². The van der Waals surface area contributed by atoms with E-state index in [1.54, 1.807) is 30.3 Å². The van der Waals surface area contributed by atoms with Crippen LogP contribution in [0.4, 0.5) is 10.5 Å². The highest BCUT2D eigenvalue weighted by Crippen LogP contribution is 2.18. The fourth-order valence-corrected chi connectivity index (χ4v) is 4.09. The Hall–Kier alpha value is -5.60. The molecule has 44 heavy (non-hydrogen) atoms. The molecule has 0 aliphatic heterocycles. The van der Waals surface area contributed by atoms with Crippen molar-refractivity contribution >= 4 is 46.5 Å². The van der Waals surface area contributed by atoms with E-state index in [-0.39, 0.29) is 50.0 Å². The van der Waals surface area contributed by atoms with Gasteiger partial charge in [-0.1, -0.05) is 30.3 Å². The van der Waals surface area contributed by atoms with Gasteiger partial charge in [-0.25, -0.2) is 9.59 Å². The highest BCUT2D eigenvalue weighted by Gasteiger charge is 2.27. The lowest BCUT2D eigenvalue weighted by Crippen LogP contribution is -2.52. The fourth-order valence-electron chi connectivity index (χ4n) is 4.09. The Morgan fingerprint density at radius 1 is 0.795 bits per heavy atom. The van der Waals surface area contributed by atoms with Crippen molar-refractivity contribution < 1.29 is 23.5 Å². The molecule has 234 valence electrons. The van der Waals surface area contributed by atoms with Gasteiger partial charge in [-0.3, -0.25) is 19.6 Å². The topological polar surface area (TPSA) is 256 Å². The van der Waals surface area contributed by atoms with Crippen LogP contribution in [0.5, 0.6) is 0 Å². The molecule has 0 spiro atoms. The van der Waals surface area contributed by atoms with Crippen molar-refractivity contribution in [3.8, 4) is 0 Å². The van der Waals surface area contributed by atoms with Gasteiger partial charge in [0.15, 0.2) is 11.9 Å². The summed E-state index contributed by atoms with van der Waals surface area (Å²) in [5, 5.41) is 8.67.